The van der Waals surface area contributed by atoms with E-state index in [1.54, 1.807) is 14.2 Å². The molecule has 2 rings (SSSR count). The number of methoxy groups -OCH3 is 2. The van der Waals surface area contributed by atoms with Gasteiger partial charge in [-0.05, 0) is 41.8 Å². The summed E-state index contributed by atoms with van der Waals surface area (Å²) >= 11 is 0. The highest BCUT2D eigenvalue weighted by Gasteiger charge is 2.07. The van der Waals surface area contributed by atoms with Crippen LogP contribution in [-0.4, -0.2) is 26.7 Å². The Morgan fingerprint density at radius 2 is 1.62 bits per heavy atom. The van der Waals surface area contributed by atoms with Crippen LogP contribution in [0, 0.1) is 0 Å². The van der Waals surface area contributed by atoms with Crippen molar-refractivity contribution in [2.24, 2.45) is 0 Å². The normalized spacial score (nSPS) is 10.1. The molecule has 0 atom stereocenters. The van der Waals surface area contributed by atoms with Crippen LogP contribution in [0.5, 0.6) is 17.2 Å². The second kappa shape index (κ2) is 8.82. The lowest BCUT2D eigenvalue weighted by molar-refractivity contribution is -0.123. The van der Waals surface area contributed by atoms with Crippen LogP contribution >= 0.6 is 0 Å². The van der Waals surface area contributed by atoms with E-state index in [0.717, 1.165) is 12.0 Å². The fourth-order valence-corrected chi connectivity index (χ4v) is 2.21. The summed E-state index contributed by atoms with van der Waals surface area (Å²) in [7, 11) is 3.17. The first-order valence-corrected chi connectivity index (χ1v) is 7.85. The standard InChI is InChI=1S/C19H23NO4/c1-4-14-5-8-16(9-6-14)24-13-19(21)20-12-15-7-10-17(22-2)18(11-15)23-3/h5-11H,4,12-13H2,1-3H3,(H,20,21). The van der Waals surface area contributed by atoms with Crippen LogP contribution in [0.1, 0.15) is 18.1 Å². The number of rotatable bonds is 8. The maximum atomic E-state index is 11.9. The van der Waals surface area contributed by atoms with Gasteiger partial charge in [0.15, 0.2) is 18.1 Å². The average molecular weight is 329 g/mol. The molecule has 0 saturated heterocycles. The van der Waals surface area contributed by atoms with Crippen LogP contribution in [0.2, 0.25) is 0 Å². The fourth-order valence-electron chi connectivity index (χ4n) is 2.21. The molecule has 0 aromatic heterocycles. The minimum atomic E-state index is -0.177. The SMILES string of the molecule is CCc1ccc(OCC(=O)NCc2ccc(OC)c(OC)c2)cc1. The van der Waals surface area contributed by atoms with E-state index in [0.29, 0.717) is 23.8 Å². The van der Waals surface area contributed by atoms with Crippen molar-refractivity contribution in [2.45, 2.75) is 19.9 Å². The lowest BCUT2D eigenvalue weighted by atomic mass is 10.2. The van der Waals surface area contributed by atoms with Gasteiger partial charge in [-0.25, -0.2) is 0 Å². The van der Waals surface area contributed by atoms with E-state index >= 15 is 0 Å². The number of ether oxygens (including phenoxy) is 3. The lowest BCUT2D eigenvalue weighted by Crippen LogP contribution is -2.28. The molecule has 5 nitrogen and oxygen atoms in total. The number of hydrogen-bond donors (Lipinski definition) is 1. The highest BCUT2D eigenvalue weighted by molar-refractivity contribution is 5.77. The Morgan fingerprint density at radius 3 is 2.25 bits per heavy atom. The van der Waals surface area contributed by atoms with Crippen molar-refractivity contribution in [1.29, 1.82) is 0 Å². The van der Waals surface area contributed by atoms with Gasteiger partial charge < -0.3 is 19.5 Å². The quantitative estimate of drug-likeness (QED) is 0.809. The summed E-state index contributed by atoms with van der Waals surface area (Å²) in [5, 5.41) is 2.82. The molecule has 0 fully saturated rings. The molecule has 24 heavy (non-hydrogen) atoms. The number of carbonyl (C=O) groups is 1. The zero-order chi connectivity index (χ0) is 17.4. The minimum Gasteiger partial charge on any atom is -0.493 e. The van der Waals surface area contributed by atoms with Crippen molar-refractivity contribution in [3.8, 4) is 17.2 Å². The van der Waals surface area contributed by atoms with Gasteiger partial charge in [0.05, 0.1) is 14.2 Å². The third-order valence-electron chi connectivity index (χ3n) is 3.64. The van der Waals surface area contributed by atoms with Gasteiger partial charge in [0.2, 0.25) is 0 Å². The third-order valence-corrected chi connectivity index (χ3v) is 3.64. The number of benzene rings is 2. The van der Waals surface area contributed by atoms with Crippen molar-refractivity contribution in [2.75, 3.05) is 20.8 Å². The number of amides is 1. The zero-order valence-corrected chi connectivity index (χ0v) is 14.3. The highest BCUT2D eigenvalue weighted by atomic mass is 16.5. The van der Waals surface area contributed by atoms with Gasteiger partial charge in [0, 0.05) is 6.54 Å². The Labute approximate surface area is 142 Å². The van der Waals surface area contributed by atoms with Gasteiger partial charge in [0.1, 0.15) is 5.75 Å². The van der Waals surface area contributed by atoms with Crippen molar-refractivity contribution in [3.05, 3.63) is 53.6 Å². The van der Waals surface area contributed by atoms with Gasteiger partial charge in [-0.1, -0.05) is 25.1 Å². The van der Waals surface area contributed by atoms with E-state index in [4.69, 9.17) is 14.2 Å². The molecule has 1 amide bonds. The van der Waals surface area contributed by atoms with Gasteiger partial charge in [-0.3, -0.25) is 4.79 Å². The Bertz CT molecular complexity index is 668. The Morgan fingerprint density at radius 1 is 0.958 bits per heavy atom. The molecule has 2 aromatic carbocycles. The first-order valence-electron chi connectivity index (χ1n) is 7.85. The number of hydrogen-bond acceptors (Lipinski definition) is 4. The molecular weight excluding hydrogens is 306 g/mol. The highest BCUT2D eigenvalue weighted by Crippen LogP contribution is 2.27. The summed E-state index contributed by atoms with van der Waals surface area (Å²) in [6, 6.07) is 13.3. The number of nitrogens with one attached hydrogen (secondary N) is 1. The first kappa shape index (κ1) is 17.7. The summed E-state index contributed by atoms with van der Waals surface area (Å²) in [5.74, 6) is 1.81. The summed E-state index contributed by atoms with van der Waals surface area (Å²) in [5.41, 5.74) is 2.16. The molecular formula is C19H23NO4. The smallest absolute Gasteiger partial charge is 0.258 e. The molecule has 0 bridgehead atoms. The van der Waals surface area contributed by atoms with Gasteiger partial charge in [0.25, 0.3) is 5.91 Å². The van der Waals surface area contributed by atoms with Crippen molar-refractivity contribution in [3.63, 3.8) is 0 Å². The molecule has 0 saturated carbocycles. The molecule has 5 heteroatoms. The molecule has 0 aliphatic rings. The molecule has 0 radical (unpaired) electrons. The summed E-state index contributed by atoms with van der Waals surface area (Å²) in [4.78, 5) is 11.9. The molecule has 128 valence electrons. The van der Waals surface area contributed by atoms with Gasteiger partial charge in [-0.2, -0.15) is 0 Å². The topological polar surface area (TPSA) is 56.8 Å². The minimum absolute atomic E-state index is 0.0151. The Hall–Kier alpha value is -2.69. The van der Waals surface area contributed by atoms with Crippen molar-refractivity contribution < 1.29 is 19.0 Å². The Balaban J connectivity index is 1.82. The molecule has 0 spiro atoms. The van der Waals surface area contributed by atoms with Crippen molar-refractivity contribution >= 4 is 5.91 Å². The summed E-state index contributed by atoms with van der Waals surface area (Å²) < 4.78 is 15.9. The Kier molecular flexibility index (Phi) is 6.49. The first-order chi connectivity index (χ1) is 11.7. The molecule has 2 aromatic rings. The fraction of sp³-hybridized carbons (Fsp3) is 0.316. The van der Waals surface area contributed by atoms with Crippen molar-refractivity contribution in [1.82, 2.24) is 5.32 Å². The van der Waals surface area contributed by atoms with E-state index < -0.39 is 0 Å². The van der Waals surface area contributed by atoms with Crippen LogP contribution < -0.4 is 19.5 Å². The molecule has 0 unspecified atom stereocenters. The van der Waals surface area contributed by atoms with Gasteiger partial charge in [-0.15, -0.1) is 0 Å². The van der Waals surface area contributed by atoms with E-state index in [1.165, 1.54) is 5.56 Å². The van der Waals surface area contributed by atoms with E-state index in [-0.39, 0.29) is 12.5 Å². The van der Waals surface area contributed by atoms with E-state index in [9.17, 15) is 4.79 Å². The van der Waals surface area contributed by atoms with Crippen LogP contribution in [-0.2, 0) is 17.8 Å². The number of aryl methyl sites for hydroxylation is 1. The summed E-state index contributed by atoms with van der Waals surface area (Å²) in [6.45, 7) is 2.48. The van der Waals surface area contributed by atoms with Crippen LogP contribution in [0.15, 0.2) is 42.5 Å². The average Bonchev–Trinajstić information content (AvgIpc) is 2.64. The molecule has 0 aliphatic carbocycles. The summed E-state index contributed by atoms with van der Waals surface area (Å²) in [6.07, 6.45) is 0.978. The number of carbonyl (C=O) groups excluding carboxylic acids is 1. The maximum Gasteiger partial charge on any atom is 0.258 e. The second-order valence-electron chi connectivity index (χ2n) is 5.25. The predicted octanol–water partition coefficient (Wildman–Crippen LogP) is 2.96. The lowest BCUT2D eigenvalue weighted by Gasteiger charge is -2.11. The maximum absolute atomic E-state index is 11.9. The molecule has 1 N–H and O–H groups in total. The largest absolute Gasteiger partial charge is 0.493 e. The van der Waals surface area contributed by atoms with Crippen LogP contribution in [0.4, 0.5) is 0 Å². The monoisotopic (exact) mass is 329 g/mol. The second-order valence-corrected chi connectivity index (χ2v) is 5.25. The van der Waals surface area contributed by atoms with Gasteiger partial charge >= 0.3 is 0 Å². The van der Waals surface area contributed by atoms with Crippen LogP contribution in [0.3, 0.4) is 0 Å². The van der Waals surface area contributed by atoms with E-state index in [1.807, 2.05) is 42.5 Å². The third kappa shape index (κ3) is 4.91. The predicted molar refractivity (Wildman–Crippen MR) is 92.7 cm³/mol. The van der Waals surface area contributed by atoms with Crippen LogP contribution in [0.25, 0.3) is 0 Å². The molecule has 0 heterocycles. The zero-order valence-electron chi connectivity index (χ0n) is 14.3. The molecule has 0 aliphatic heterocycles. The van der Waals surface area contributed by atoms with E-state index in [2.05, 4.69) is 12.2 Å².